The summed E-state index contributed by atoms with van der Waals surface area (Å²) in [5.74, 6) is -2.65. The molecule has 1 atom stereocenters. The molecule has 1 aromatic rings. The molecule has 4 heteroatoms. The molecule has 0 bridgehead atoms. The summed E-state index contributed by atoms with van der Waals surface area (Å²) in [6.45, 7) is 7.56. The summed E-state index contributed by atoms with van der Waals surface area (Å²) < 4.78 is 9.98. The van der Waals surface area contributed by atoms with E-state index in [2.05, 4.69) is 6.58 Å². The molecule has 0 saturated carbocycles. The zero-order valence-electron chi connectivity index (χ0n) is 11.9. The number of rotatable bonds is 7. The molecule has 0 aliphatic carbocycles. The summed E-state index contributed by atoms with van der Waals surface area (Å²) in [4.78, 5) is 24.1. The summed E-state index contributed by atoms with van der Waals surface area (Å²) in [7, 11) is 0. The minimum atomic E-state index is -1.02. The fourth-order valence-corrected chi connectivity index (χ4v) is 1.99. The molecule has 20 heavy (non-hydrogen) atoms. The Hall–Kier alpha value is -2.10. The number of esters is 2. The Morgan fingerprint density at radius 3 is 2.00 bits per heavy atom. The van der Waals surface area contributed by atoms with Gasteiger partial charge in [-0.25, -0.2) is 0 Å². The van der Waals surface area contributed by atoms with Gasteiger partial charge in [0.05, 0.1) is 13.2 Å². The molecule has 0 fully saturated rings. The first-order valence-corrected chi connectivity index (χ1v) is 6.66. The Morgan fingerprint density at radius 1 is 1.10 bits per heavy atom. The molecule has 0 aromatic heterocycles. The highest BCUT2D eigenvalue weighted by atomic mass is 16.6. The molecule has 108 valence electrons. The Kier molecular flexibility index (Phi) is 6.50. The molecule has 0 spiro atoms. The second-order valence-corrected chi connectivity index (χ2v) is 4.15. The summed E-state index contributed by atoms with van der Waals surface area (Å²) in [6.07, 6.45) is 1.58. The third kappa shape index (κ3) is 3.95. The number of benzene rings is 1. The smallest absolute Gasteiger partial charge is 0.321 e. The van der Waals surface area contributed by atoms with E-state index in [0.717, 1.165) is 5.56 Å². The fourth-order valence-electron chi connectivity index (χ4n) is 1.99. The van der Waals surface area contributed by atoms with Crippen LogP contribution in [-0.2, 0) is 19.1 Å². The number of ether oxygens (including phenoxy) is 2. The molecule has 0 amide bonds. The van der Waals surface area contributed by atoms with Crippen molar-refractivity contribution in [1.82, 2.24) is 0 Å². The number of carbonyl (C=O) groups excluding carboxylic acids is 2. The van der Waals surface area contributed by atoms with Crippen LogP contribution in [0.2, 0.25) is 0 Å². The first-order chi connectivity index (χ1) is 9.65. The first-order valence-electron chi connectivity index (χ1n) is 6.66. The van der Waals surface area contributed by atoms with E-state index in [1.807, 2.05) is 30.3 Å². The summed E-state index contributed by atoms with van der Waals surface area (Å²) in [5, 5.41) is 0. The molecular formula is C16H20O4. The van der Waals surface area contributed by atoms with Gasteiger partial charge in [-0.15, -0.1) is 6.58 Å². The van der Waals surface area contributed by atoms with E-state index in [0.29, 0.717) is 0 Å². The number of carbonyl (C=O) groups is 2. The molecule has 0 heterocycles. The van der Waals surface area contributed by atoms with Crippen molar-refractivity contribution < 1.29 is 19.1 Å². The van der Waals surface area contributed by atoms with Gasteiger partial charge in [0, 0.05) is 5.92 Å². The SMILES string of the molecule is C=C[C@H](c1ccccc1)C(C(=O)OCC)C(=O)OCC. The van der Waals surface area contributed by atoms with E-state index in [1.165, 1.54) is 0 Å². The van der Waals surface area contributed by atoms with E-state index in [1.54, 1.807) is 19.9 Å². The highest BCUT2D eigenvalue weighted by molar-refractivity contribution is 5.96. The van der Waals surface area contributed by atoms with Gasteiger partial charge in [-0.05, 0) is 19.4 Å². The number of allylic oxidation sites excluding steroid dienone is 1. The normalized spacial score (nSPS) is 11.8. The lowest BCUT2D eigenvalue weighted by Gasteiger charge is -2.21. The molecule has 4 nitrogen and oxygen atoms in total. The van der Waals surface area contributed by atoms with Crippen molar-refractivity contribution in [2.75, 3.05) is 13.2 Å². The molecule has 0 radical (unpaired) electrons. The van der Waals surface area contributed by atoms with Crippen LogP contribution in [0.4, 0.5) is 0 Å². The molecule has 1 rings (SSSR count). The largest absolute Gasteiger partial charge is 0.465 e. The number of hydrogen-bond acceptors (Lipinski definition) is 4. The average molecular weight is 276 g/mol. The van der Waals surface area contributed by atoms with Crippen molar-refractivity contribution >= 4 is 11.9 Å². The van der Waals surface area contributed by atoms with E-state index >= 15 is 0 Å². The van der Waals surface area contributed by atoms with E-state index in [-0.39, 0.29) is 13.2 Å². The van der Waals surface area contributed by atoms with Crippen LogP contribution in [0.5, 0.6) is 0 Å². The summed E-state index contributed by atoms with van der Waals surface area (Å²) in [5.41, 5.74) is 0.827. The monoisotopic (exact) mass is 276 g/mol. The van der Waals surface area contributed by atoms with E-state index < -0.39 is 23.8 Å². The molecular weight excluding hydrogens is 256 g/mol. The van der Waals surface area contributed by atoms with Crippen LogP contribution in [0.15, 0.2) is 43.0 Å². The third-order valence-corrected chi connectivity index (χ3v) is 2.88. The van der Waals surface area contributed by atoms with Gasteiger partial charge in [-0.2, -0.15) is 0 Å². The Labute approximate surface area is 119 Å². The van der Waals surface area contributed by atoms with Gasteiger partial charge in [0.2, 0.25) is 0 Å². The summed E-state index contributed by atoms with van der Waals surface area (Å²) >= 11 is 0. The molecule has 1 aromatic carbocycles. The predicted octanol–water partition coefficient (Wildman–Crippen LogP) is 2.70. The van der Waals surface area contributed by atoms with Gasteiger partial charge in [-0.1, -0.05) is 36.4 Å². The first kappa shape index (κ1) is 16.0. The van der Waals surface area contributed by atoms with Crippen molar-refractivity contribution in [3.05, 3.63) is 48.6 Å². The van der Waals surface area contributed by atoms with Crippen LogP contribution in [-0.4, -0.2) is 25.2 Å². The average Bonchev–Trinajstić information content (AvgIpc) is 2.45. The van der Waals surface area contributed by atoms with Crippen LogP contribution in [0.3, 0.4) is 0 Å². The number of hydrogen-bond donors (Lipinski definition) is 0. The molecule has 0 unspecified atom stereocenters. The maximum atomic E-state index is 12.1. The quantitative estimate of drug-likeness (QED) is 0.436. The highest BCUT2D eigenvalue weighted by Crippen LogP contribution is 2.28. The Bertz CT molecular complexity index is 435. The molecule has 0 saturated heterocycles. The minimum Gasteiger partial charge on any atom is -0.465 e. The second kappa shape index (κ2) is 8.15. The van der Waals surface area contributed by atoms with Crippen molar-refractivity contribution in [1.29, 1.82) is 0 Å². The zero-order valence-corrected chi connectivity index (χ0v) is 11.9. The Balaban J connectivity index is 3.09. The van der Waals surface area contributed by atoms with Gasteiger partial charge >= 0.3 is 11.9 Å². The van der Waals surface area contributed by atoms with Crippen LogP contribution < -0.4 is 0 Å². The summed E-state index contributed by atoms with van der Waals surface area (Å²) in [6, 6.07) is 9.25. The lowest BCUT2D eigenvalue weighted by molar-refractivity contribution is -0.162. The molecule has 0 aliphatic rings. The van der Waals surface area contributed by atoms with E-state index in [9.17, 15) is 9.59 Å². The highest BCUT2D eigenvalue weighted by Gasteiger charge is 2.36. The van der Waals surface area contributed by atoms with Gasteiger partial charge in [-0.3, -0.25) is 9.59 Å². The van der Waals surface area contributed by atoms with E-state index in [4.69, 9.17) is 9.47 Å². The lowest BCUT2D eigenvalue weighted by Crippen LogP contribution is -2.32. The van der Waals surface area contributed by atoms with Gasteiger partial charge in [0.15, 0.2) is 5.92 Å². The maximum Gasteiger partial charge on any atom is 0.321 e. The van der Waals surface area contributed by atoms with Crippen LogP contribution in [0, 0.1) is 5.92 Å². The predicted molar refractivity (Wildman–Crippen MR) is 76.1 cm³/mol. The zero-order chi connectivity index (χ0) is 15.0. The maximum absolute atomic E-state index is 12.1. The van der Waals surface area contributed by atoms with Gasteiger partial charge < -0.3 is 9.47 Å². The van der Waals surface area contributed by atoms with Crippen molar-refractivity contribution in [2.24, 2.45) is 5.92 Å². The lowest BCUT2D eigenvalue weighted by atomic mass is 9.86. The van der Waals surface area contributed by atoms with Crippen LogP contribution in [0.1, 0.15) is 25.3 Å². The van der Waals surface area contributed by atoms with Crippen molar-refractivity contribution in [3.63, 3.8) is 0 Å². The second-order valence-electron chi connectivity index (χ2n) is 4.15. The minimum absolute atomic E-state index is 0.216. The third-order valence-electron chi connectivity index (χ3n) is 2.88. The molecule has 0 N–H and O–H groups in total. The van der Waals surface area contributed by atoms with Crippen LogP contribution in [0.25, 0.3) is 0 Å². The van der Waals surface area contributed by atoms with Gasteiger partial charge in [0.25, 0.3) is 0 Å². The molecule has 0 aliphatic heterocycles. The van der Waals surface area contributed by atoms with Gasteiger partial charge in [0.1, 0.15) is 0 Å². The Morgan fingerprint density at radius 2 is 1.60 bits per heavy atom. The van der Waals surface area contributed by atoms with Crippen molar-refractivity contribution in [2.45, 2.75) is 19.8 Å². The van der Waals surface area contributed by atoms with Crippen molar-refractivity contribution in [3.8, 4) is 0 Å². The standard InChI is InChI=1S/C16H20O4/c1-4-13(12-10-8-7-9-11-12)14(15(17)19-5-2)16(18)20-6-3/h4,7-11,13-14H,1,5-6H2,2-3H3/t13-/m1/s1. The topological polar surface area (TPSA) is 52.6 Å². The van der Waals surface area contributed by atoms with Crippen LogP contribution >= 0.6 is 0 Å². The fraction of sp³-hybridized carbons (Fsp3) is 0.375.